The van der Waals surface area contributed by atoms with Crippen LogP contribution in [0.1, 0.15) is 39.5 Å². The van der Waals surface area contributed by atoms with Crippen molar-refractivity contribution in [2.45, 2.75) is 50.9 Å². The predicted octanol–water partition coefficient (Wildman–Crippen LogP) is 3.45. The molecule has 1 unspecified atom stereocenters. The smallest absolute Gasteiger partial charge is 0.0863 e. The first kappa shape index (κ1) is 21.9. The molecule has 0 bridgehead atoms. The molecule has 1 aromatic heterocycles. The number of hydrazone groups is 1. The Kier molecular flexibility index (Phi) is 7.90. The maximum atomic E-state index is 5.45. The van der Waals surface area contributed by atoms with E-state index in [1.807, 2.05) is 24.2 Å². The Morgan fingerprint density at radius 2 is 2.20 bits per heavy atom. The van der Waals surface area contributed by atoms with E-state index in [1.165, 1.54) is 56.2 Å². The molecule has 3 saturated heterocycles. The van der Waals surface area contributed by atoms with Gasteiger partial charge in [0.25, 0.3) is 0 Å². The van der Waals surface area contributed by atoms with Gasteiger partial charge in [0.1, 0.15) is 0 Å². The molecule has 30 heavy (non-hydrogen) atoms. The number of nitrogens with zero attached hydrogens (tertiary/aromatic N) is 4. The van der Waals surface area contributed by atoms with Crippen LogP contribution in [0.5, 0.6) is 0 Å². The highest BCUT2D eigenvalue weighted by atomic mass is 32.2. The van der Waals surface area contributed by atoms with Gasteiger partial charge in [-0.3, -0.25) is 10.4 Å². The number of hydrogen-bond donors (Lipinski definition) is 1. The van der Waals surface area contributed by atoms with Crippen LogP contribution in [-0.2, 0) is 4.74 Å². The fourth-order valence-corrected chi connectivity index (χ4v) is 5.84. The molecule has 4 rings (SSSR count). The zero-order valence-corrected chi connectivity index (χ0v) is 19.3. The number of nitrogens with one attached hydrogen (secondary N) is 1. The summed E-state index contributed by atoms with van der Waals surface area (Å²) in [5, 5.41) is 5.01. The van der Waals surface area contributed by atoms with E-state index in [4.69, 9.17) is 4.74 Å². The summed E-state index contributed by atoms with van der Waals surface area (Å²) in [5.41, 5.74) is 5.87. The van der Waals surface area contributed by atoms with Crippen molar-refractivity contribution in [3.8, 4) is 0 Å². The van der Waals surface area contributed by atoms with Gasteiger partial charge in [-0.05, 0) is 69.9 Å². The number of thioether (sulfide) groups is 1. The lowest BCUT2D eigenvalue weighted by Crippen LogP contribution is -2.35. The first-order chi connectivity index (χ1) is 14.7. The van der Waals surface area contributed by atoms with Crippen molar-refractivity contribution in [1.82, 2.24) is 15.3 Å². The minimum atomic E-state index is 0.360. The van der Waals surface area contributed by atoms with Crippen molar-refractivity contribution in [1.29, 1.82) is 0 Å². The molecule has 1 aromatic rings. The SMILES string of the molecule is C/C(=N\NC(C)SCCCN1C[C@@H]2CCN(c3cccnc3)[C@@H]2C1)C1CCOCC1. The first-order valence-electron chi connectivity index (χ1n) is 11.6. The van der Waals surface area contributed by atoms with Gasteiger partial charge in [0.15, 0.2) is 0 Å². The molecule has 1 N–H and O–H groups in total. The summed E-state index contributed by atoms with van der Waals surface area (Å²) in [6.07, 6.45) is 8.65. The van der Waals surface area contributed by atoms with Crippen LogP contribution in [0.4, 0.5) is 5.69 Å². The van der Waals surface area contributed by atoms with Crippen LogP contribution in [-0.4, -0.2) is 72.2 Å². The van der Waals surface area contributed by atoms with Gasteiger partial charge in [-0.25, -0.2) is 0 Å². The van der Waals surface area contributed by atoms with E-state index in [1.54, 1.807) is 0 Å². The summed E-state index contributed by atoms with van der Waals surface area (Å²) >= 11 is 1.98. The summed E-state index contributed by atoms with van der Waals surface area (Å²) in [4.78, 5) is 9.56. The van der Waals surface area contributed by atoms with E-state index < -0.39 is 0 Å². The topological polar surface area (TPSA) is 53.0 Å². The molecule has 3 fully saturated rings. The molecule has 0 aliphatic carbocycles. The summed E-state index contributed by atoms with van der Waals surface area (Å²) in [7, 11) is 0. The van der Waals surface area contributed by atoms with Gasteiger partial charge in [-0.2, -0.15) is 5.10 Å². The summed E-state index contributed by atoms with van der Waals surface area (Å²) in [5.74, 6) is 2.59. The zero-order valence-electron chi connectivity index (χ0n) is 18.5. The Balaban J connectivity index is 1.13. The average molecular weight is 432 g/mol. The Hall–Kier alpha value is -1.31. The molecular formula is C23H37N5OS. The van der Waals surface area contributed by atoms with Crippen LogP contribution in [0.25, 0.3) is 0 Å². The largest absolute Gasteiger partial charge is 0.381 e. The number of hydrogen-bond acceptors (Lipinski definition) is 7. The molecule has 0 aromatic carbocycles. The molecule has 6 nitrogen and oxygen atoms in total. The molecular weight excluding hydrogens is 394 g/mol. The van der Waals surface area contributed by atoms with Crippen LogP contribution >= 0.6 is 11.8 Å². The van der Waals surface area contributed by atoms with Gasteiger partial charge >= 0.3 is 0 Å². The Bertz CT molecular complexity index is 681. The minimum absolute atomic E-state index is 0.360. The second-order valence-electron chi connectivity index (χ2n) is 8.92. The minimum Gasteiger partial charge on any atom is -0.381 e. The molecule has 7 heteroatoms. The van der Waals surface area contributed by atoms with E-state index in [0.29, 0.717) is 17.3 Å². The fraction of sp³-hybridized carbons (Fsp3) is 0.739. The zero-order chi connectivity index (χ0) is 20.8. The number of aromatic nitrogens is 1. The van der Waals surface area contributed by atoms with Crippen LogP contribution in [0.2, 0.25) is 0 Å². The van der Waals surface area contributed by atoms with Gasteiger partial charge in [0.2, 0.25) is 0 Å². The van der Waals surface area contributed by atoms with E-state index in [2.05, 4.69) is 51.3 Å². The molecule has 166 valence electrons. The lowest BCUT2D eigenvalue weighted by atomic mass is 9.96. The van der Waals surface area contributed by atoms with E-state index in [9.17, 15) is 0 Å². The van der Waals surface area contributed by atoms with E-state index >= 15 is 0 Å². The van der Waals surface area contributed by atoms with Crippen molar-refractivity contribution in [3.63, 3.8) is 0 Å². The van der Waals surface area contributed by atoms with Gasteiger partial charge in [0.05, 0.1) is 17.3 Å². The van der Waals surface area contributed by atoms with Crippen LogP contribution < -0.4 is 10.3 Å². The highest BCUT2D eigenvalue weighted by Gasteiger charge is 2.41. The van der Waals surface area contributed by atoms with E-state index in [0.717, 1.165) is 32.0 Å². The third kappa shape index (κ3) is 5.68. The van der Waals surface area contributed by atoms with Gasteiger partial charge in [-0.1, -0.05) is 0 Å². The highest BCUT2D eigenvalue weighted by Crippen LogP contribution is 2.34. The average Bonchev–Trinajstić information content (AvgIpc) is 3.36. The number of ether oxygens (including phenoxy) is 1. The standard InChI is InChI=1S/C23H37N5OS/c1-18(20-7-12-29-13-8-20)25-26-19(2)30-14-4-10-27-16-21-6-11-28(23(21)17-27)22-5-3-9-24-15-22/h3,5,9,15,19-21,23,26H,4,6-8,10-14,16-17H2,1-2H3/b25-18+/t19?,21-,23+/m0/s1. The quantitative estimate of drug-likeness (QED) is 0.280. The Morgan fingerprint density at radius 3 is 3.00 bits per heavy atom. The van der Waals surface area contributed by atoms with E-state index in [-0.39, 0.29) is 0 Å². The second kappa shape index (κ2) is 10.8. The number of anilines is 1. The Morgan fingerprint density at radius 1 is 1.33 bits per heavy atom. The summed E-state index contributed by atoms with van der Waals surface area (Å²) in [6, 6.07) is 4.93. The number of rotatable bonds is 9. The molecule has 3 aliphatic heterocycles. The monoisotopic (exact) mass is 431 g/mol. The molecule has 3 aliphatic rings. The van der Waals surface area contributed by atoms with Crippen LogP contribution in [0.15, 0.2) is 29.6 Å². The second-order valence-corrected chi connectivity index (χ2v) is 10.4. The third-order valence-corrected chi connectivity index (χ3v) is 7.95. The number of fused-ring (bicyclic) bond motifs is 1. The van der Waals surface area contributed by atoms with Gasteiger partial charge in [0, 0.05) is 56.7 Å². The molecule has 0 radical (unpaired) electrons. The van der Waals surface area contributed by atoms with Gasteiger partial charge < -0.3 is 14.5 Å². The fourth-order valence-electron chi connectivity index (χ4n) is 5.06. The van der Waals surface area contributed by atoms with Crippen LogP contribution in [0.3, 0.4) is 0 Å². The number of pyridine rings is 1. The summed E-state index contributed by atoms with van der Waals surface area (Å²) < 4.78 is 5.45. The molecule has 4 heterocycles. The van der Waals surface area contributed by atoms with Crippen molar-refractivity contribution >= 4 is 23.2 Å². The molecule has 0 spiro atoms. The molecule has 3 atom stereocenters. The van der Waals surface area contributed by atoms with Crippen LogP contribution in [0, 0.1) is 11.8 Å². The normalized spacial score (nSPS) is 26.7. The van der Waals surface area contributed by atoms with Gasteiger partial charge in [-0.15, -0.1) is 11.8 Å². The predicted molar refractivity (Wildman–Crippen MR) is 126 cm³/mol. The molecule has 0 saturated carbocycles. The maximum Gasteiger partial charge on any atom is 0.0863 e. The van der Waals surface area contributed by atoms with Crippen molar-refractivity contribution in [2.75, 3.05) is 50.0 Å². The Labute approximate surface area is 185 Å². The van der Waals surface area contributed by atoms with Crippen molar-refractivity contribution < 1.29 is 4.74 Å². The lowest BCUT2D eigenvalue weighted by molar-refractivity contribution is 0.0825. The first-order valence-corrected chi connectivity index (χ1v) is 12.6. The highest BCUT2D eigenvalue weighted by molar-refractivity contribution is 7.99. The third-order valence-electron chi connectivity index (χ3n) is 6.82. The number of likely N-dealkylation sites (tertiary alicyclic amines) is 1. The maximum absolute atomic E-state index is 5.45. The molecule has 0 amide bonds. The summed E-state index contributed by atoms with van der Waals surface area (Å²) in [6.45, 7) is 11.0. The lowest BCUT2D eigenvalue weighted by Gasteiger charge is -2.26. The van der Waals surface area contributed by atoms with Crippen molar-refractivity contribution in [3.05, 3.63) is 24.5 Å². The van der Waals surface area contributed by atoms with Crippen molar-refractivity contribution in [2.24, 2.45) is 16.9 Å².